The molecule has 1 saturated heterocycles. The van der Waals surface area contributed by atoms with Crippen molar-refractivity contribution in [3.05, 3.63) is 60.9 Å². The van der Waals surface area contributed by atoms with Gasteiger partial charge in [0.25, 0.3) is 0 Å². The molecule has 10 nitrogen and oxygen atoms in total. The topological polar surface area (TPSA) is 125 Å². The minimum atomic E-state index is -3.38. The van der Waals surface area contributed by atoms with Gasteiger partial charge < -0.3 is 15.2 Å². The van der Waals surface area contributed by atoms with E-state index in [0.29, 0.717) is 54.4 Å². The monoisotopic (exact) mass is 592 g/mol. The molecule has 0 amide bonds. The SMILES string of the molecule is CCCCOCCCCCS(=O)(=O)N1CCCC(n2nc(-c3ccc(Oc4ccccc4)cc3)c3c(N)ncnc32)C1. The third kappa shape index (κ3) is 7.26. The number of nitrogens with zero attached hydrogens (tertiary/aromatic N) is 5. The molecule has 2 N–H and O–H groups in total. The smallest absolute Gasteiger partial charge is 0.214 e. The van der Waals surface area contributed by atoms with E-state index in [1.807, 2.05) is 59.3 Å². The largest absolute Gasteiger partial charge is 0.457 e. The number of para-hydroxylation sites is 1. The van der Waals surface area contributed by atoms with Crippen molar-refractivity contribution < 1.29 is 17.9 Å². The number of aromatic nitrogens is 4. The van der Waals surface area contributed by atoms with Crippen LogP contribution in [0.15, 0.2) is 60.9 Å². The molecule has 0 saturated carbocycles. The fourth-order valence-corrected chi connectivity index (χ4v) is 6.91. The molecule has 4 aromatic rings. The summed E-state index contributed by atoms with van der Waals surface area (Å²) in [6.45, 7) is 4.47. The van der Waals surface area contributed by atoms with E-state index in [4.69, 9.17) is 20.3 Å². The Bertz CT molecular complexity index is 1540. The van der Waals surface area contributed by atoms with E-state index in [9.17, 15) is 8.42 Å². The third-order valence-corrected chi connectivity index (χ3v) is 9.48. The molecular formula is C31H40N6O4S. The predicted octanol–water partition coefficient (Wildman–Crippen LogP) is 5.82. The van der Waals surface area contributed by atoms with Gasteiger partial charge >= 0.3 is 0 Å². The molecule has 2 aromatic heterocycles. The predicted molar refractivity (Wildman–Crippen MR) is 165 cm³/mol. The molecule has 2 aromatic carbocycles. The van der Waals surface area contributed by atoms with Crippen LogP contribution in [0.1, 0.15) is 57.9 Å². The number of sulfonamides is 1. The first-order valence-electron chi connectivity index (χ1n) is 14.8. The molecule has 0 aliphatic carbocycles. The van der Waals surface area contributed by atoms with E-state index < -0.39 is 10.0 Å². The van der Waals surface area contributed by atoms with Crippen molar-refractivity contribution in [3.63, 3.8) is 0 Å². The Balaban J connectivity index is 1.29. The van der Waals surface area contributed by atoms with Crippen LogP contribution >= 0.6 is 0 Å². The molecule has 0 bridgehead atoms. The Morgan fingerprint density at radius 2 is 1.71 bits per heavy atom. The van der Waals surface area contributed by atoms with Gasteiger partial charge in [-0.2, -0.15) is 9.40 Å². The zero-order chi connectivity index (χ0) is 29.4. The van der Waals surface area contributed by atoms with Crippen LogP contribution in [0.4, 0.5) is 5.82 Å². The molecule has 42 heavy (non-hydrogen) atoms. The van der Waals surface area contributed by atoms with Gasteiger partial charge in [-0.25, -0.2) is 23.1 Å². The number of piperidine rings is 1. The van der Waals surface area contributed by atoms with Gasteiger partial charge in [0.2, 0.25) is 10.0 Å². The second-order valence-electron chi connectivity index (χ2n) is 10.7. The van der Waals surface area contributed by atoms with Gasteiger partial charge in [0, 0.05) is 31.9 Å². The van der Waals surface area contributed by atoms with Crippen molar-refractivity contribution in [3.8, 4) is 22.8 Å². The molecule has 5 rings (SSSR count). The van der Waals surface area contributed by atoms with Crippen LogP contribution in [0, 0.1) is 0 Å². The maximum Gasteiger partial charge on any atom is 0.214 e. The first-order valence-corrected chi connectivity index (χ1v) is 16.4. The van der Waals surface area contributed by atoms with Crippen molar-refractivity contribution in [1.29, 1.82) is 0 Å². The highest BCUT2D eigenvalue weighted by Crippen LogP contribution is 2.35. The second-order valence-corrected chi connectivity index (χ2v) is 12.8. The Kier molecular flexibility index (Phi) is 10.0. The summed E-state index contributed by atoms with van der Waals surface area (Å²) in [5.74, 6) is 1.94. The van der Waals surface area contributed by atoms with Gasteiger partial charge in [-0.3, -0.25) is 0 Å². The molecule has 1 fully saturated rings. The van der Waals surface area contributed by atoms with E-state index in [1.165, 1.54) is 6.33 Å². The Hall–Kier alpha value is -3.54. The van der Waals surface area contributed by atoms with Crippen LogP contribution in [0.5, 0.6) is 11.5 Å². The van der Waals surface area contributed by atoms with Crippen LogP contribution in [0.3, 0.4) is 0 Å². The summed E-state index contributed by atoms with van der Waals surface area (Å²) in [6.07, 6.45) is 7.49. The van der Waals surface area contributed by atoms with Crippen molar-refractivity contribution in [2.45, 2.75) is 57.9 Å². The molecular weight excluding hydrogens is 552 g/mol. The standard InChI is InChI=1S/C31H40N6O4S/c1-2-3-19-40-20-8-5-9-21-42(38,39)36-18-10-11-25(22-36)37-31-28(30(32)33-23-34-31)29(35-37)24-14-16-27(17-15-24)41-26-12-6-4-7-13-26/h4,6-7,12-17,23,25H,2-3,5,8-11,18-22H2,1H3,(H2,32,33,34). The molecule has 1 aliphatic heterocycles. The van der Waals surface area contributed by atoms with Gasteiger partial charge in [-0.15, -0.1) is 0 Å². The number of benzene rings is 2. The molecule has 11 heteroatoms. The average Bonchev–Trinajstić information content (AvgIpc) is 3.40. The lowest BCUT2D eigenvalue weighted by atomic mass is 10.1. The average molecular weight is 593 g/mol. The van der Waals surface area contributed by atoms with E-state index in [-0.39, 0.29) is 11.8 Å². The lowest BCUT2D eigenvalue weighted by Gasteiger charge is -2.32. The summed E-state index contributed by atoms with van der Waals surface area (Å²) >= 11 is 0. The Morgan fingerprint density at radius 1 is 0.952 bits per heavy atom. The minimum Gasteiger partial charge on any atom is -0.457 e. The Morgan fingerprint density at radius 3 is 2.50 bits per heavy atom. The quantitative estimate of drug-likeness (QED) is 0.182. The van der Waals surface area contributed by atoms with Crippen LogP contribution in [-0.4, -0.2) is 64.5 Å². The van der Waals surface area contributed by atoms with Gasteiger partial charge in [-0.05, 0) is 68.5 Å². The summed E-state index contributed by atoms with van der Waals surface area (Å²) in [5.41, 5.74) is 8.45. The Labute approximate surface area is 247 Å². The van der Waals surface area contributed by atoms with Crippen LogP contribution in [-0.2, 0) is 14.8 Å². The number of hydrogen-bond acceptors (Lipinski definition) is 8. The minimum absolute atomic E-state index is 0.145. The van der Waals surface area contributed by atoms with Gasteiger partial charge in [0.05, 0.1) is 17.2 Å². The van der Waals surface area contributed by atoms with Crippen LogP contribution in [0.25, 0.3) is 22.3 Å². The summed E-state index contributed by atoms with van der Waals surface area (Å²) in [4.78, 5) is 8.75. The third-order valence-electron chi connectivity index (χ3n) is 7.56. The number of ether oxygens (including phenoxy) is 2. The number of fused-ring (bicyclic) bond motifs is 1. The van der Waals surface area contributed by atoms with E-state index in [1.54, 1.807) is 4.31 Å². The molecule has 3 heterocycles. The zero-order valence-electron chi connectivity index (χ0n) is 24.2. The number of nitrogens with two attached hydrogens (primary N) is 1. The lowest BCUT2D eigenvalue weighted by molar-refractivity contribution is 0.127. The second kappa shape index (κ2) is 14.1. The highest BCUT2D eigenvalue weighted by atomic mass is 32.2. The lowest BCUT2D eigenvalue weighted by Crippen LogP contribution is -2.42. The van der Waals surface area contributed by atoms with Gasteiger partial charge in [0.15, 0.2) is 5.65 Å². The van der Waals surface area contributed by atoms with Crippen LogP contribution < -0.4 is 10.5 Å². The first-order chi connectivity index (χ1) is 20.5. The molecule has 0 spiro atoms. The van der Waals surface area contributed by atoms with Crippen molar-refractivity contribution in [2.24, 2.45) is 0 Å². The molecule has 0 radical (unpaired) electrons. The zero-order valence-corrected chi connectivity index (χ0v) is 25.0. The summed E-state index contributed by atoms with van der Waals surface area (Å²) in [7, 11) is -3.38. The number of rotatable bonds is 14. The fourth-order valence-electron chi connectivity index (χ4n) is 5.27. The van der Waals surface area contributed by atoms with E-state index in [0.717, 1.165) is 56.4 Å². The van der Waals surface area contributed by atoms with Crippen molar-refractivity contribution in [2.75, 3.05) is 37.8 Å². The molecule has 224 valence electrons. The normalized spacial score (nSPS) is 16.2. The summed E-state index contributed by atoms with van der Waals surface area (Å²) < 4.78 is 41.5. The molecule has 1 unspecified atom stereocenters. The van der Waals surface area contributed by atoms with Gasteiger partial charge in [-0.1, -0.05) is 38.0 Å². The van der Waals surface area contributed by atoms with Crippen molar-refractivity contribution in [1.82, 2.24) is 24.1 Å². The maximum absolute atomic E-state index is 13.3. The fraction of sp³-hybridized carbons (Fsp3) is 0.452. The maximum atomic E-state index is 13.3. The van der Waals surface area contributed by atoms with Crippen LogP contribution in [0.2, 0.25) is 0 Å². The van der Waals surface area contributed by atoms with E-state index >= 15 is 0 Å². The molecule has 1 atom stereocenters. The number of hydrogen-bond donors (Lipinski definition) is 1. The summed E-state index contributed by atoms with van der Waals surface area (Å²) in [5, 5.41) is 5.61. The van der Waals surface area contributed by atoms with Gasteiger partial charge in [0.1, 0.15) is 29.3 Å². The highest BCUT2D eigenvalue weighted by Gasteiger charge is 2.32. The first kappa shape index (κ1) is 29.9. The number of anilines is 1. The van der Waals surface area contributed by atoms with Crippen molar-refractivity contribution >= 4 is 26.9 Å². The highest BCUT2D eigenvalue weighted by molar-refractivity contribution is 7.89. The number of nitrogen functional groups attached to an aromatic ring is 1. The molecule has 1 aliphatic rings. The number of unbranched alkanes of at least 4 members (excludes halogenated alkanes) is 3. The van der Waals surface area contributed by atoms with E-state index in [2.05, 4.69) is 16.9 Å². The summed E-state index contributed by atoms with van der Waals surface area (Å²) in [6, 6.07) is 17.1.